The number of nitrogen functional groups attached to an aromatic ring is 1. The average molecular weight is 258 g/mol. The molecule has 3 N–H and O–H groups in total. The predicted octanol–water partition coefficient (Wildman–Crippen LogP) is 0.772. The second-order valence-electron chi connectivity index (χ2n) is 4.04. The first kappa shape index (κ1) is 12.7. The van der Waals surface area contributed by atoms with Crippen molar-refractivity contribution in [2.75, 3.05) is 30.0 Å². The van der Waals surface area contributed by atoms with Crippen molar-refractivity contribution < 1.29 is 4.79 Å². The number of carbonyl (C=O) groups is 1. The molecule has 0 saturated heterocycles. The van der Waals surface area contributed by atoms with E-state index in [4.69, 9.17) is 5.73 Å². The van der Waals surface area contributed by atoms with Gasteiger partial charge in [-0.3, -0.25) is 4.79 Å². The molecule has 7 nitrogen and oxygen atoms in total. The van der Waals surface area contributed by atoms with Crippen molar-refractivity contribution >= 4 is 23.2 Å². The van der Waals surface area contributed by atoms with Gasteiger partial charge in [0.15, 0.2) is 11.5 Å². The Kier molecular flexibility index (Phi) is 3.56. The number of anilines is 3. The van der Waals surface area contributed by atoms with Crippen LogP contribution < -0.4 is 16.0 Å². The summed E-state index contributed by atoms with van der Waals surface area (Å²) in [4.78, 5) is 25.7. The van der Waals surface area contributed by atoms with E-state index in [9.17, 15) is 4.79 Å². The molecule has 2 heterocycles. The summed E-state index contributed by atoms with van der Waals surface area (Å²) in [6.45, 7) is 0. The molecule has 0 radical (unpaired) electrons. The standard InChI is InChI=1S/C12H14N6O/c1-18(2)9-4-3-8(7-16-9)17-12(19)10-11(13)15-6-5-14-10/h3-7H,1-2H3,(H2,13,15)(H,17,19). The normalized spacial score (nSPS) is 10.0. The first-order valence-corrected chi connectivity index (χ1v) is 5.59. The minimum Gasteiger partial charge on any atom is -0.382 e. The topological polar surface area (TPSA) is 97.0 Å². The molecule has 0 saturated carbocycles. The van der Waals surface area contributed by atoms with Crippen molar-refractivity contribution in [2.45, 2.75) is 0 Å². The van der Waals surface area contributed by atoms with Gasteiger partial charge in [-0.25, -0.2) is 15.0 Å². The number of carbonyl (C=O) groups excluding carboxylic acids is 1. The van der Waals surface area contributed by atoms with Gasteiger partial charge >= 0.3 is 0 Å². The molecule has 0 unspecified atom stereocenters. The summed E-state index contributed by atoms with van der Waals surface area (Å²) in [6, 6.07) is 3.56. The quantitative estimate of drug-likeness (QED) is 0.844. The van der Waals surface area contributed by atoms with Gasteiger partial charge in [0.1, 0.15) is 5.82 Å². The van der Waals surface area contributed by atoms with Crippen LogP contribution in [0, 0.1) is 0 Å². The zero-order valence-electron chi connectivity index (χ0n) is 10.7. The Morgan fingerprint density at radius 1 is 1.21 bits per heavy atom. The Balaban J connectivity index is 2.13. The zero-order valence-corrected chi connectivity index (χ0v) is 10.7. The average Bonchev–Trinajstić information content (AvgIpc) is 2.39. The van der Waals surface area contributed by atoms with Crippen LogP contribution in [-0.4, -0.2) is 35.0 Å². The largest absolute Gasteiger partial charge is 0.382 e. The highest BCUT2D eigenvalue weighted by molar-refractivity contribution is 6.05. The second-order valence-corrected chi connectivity index (χ2v) is 4.04. The maximum absolute atomic E-state index is 11.9. The van der Waals surface area contributed by atoms with Crippen LogP contribution in [0.25, 0.3) is 0 Å². The molecule has 7 heteroatoms. The Labute approximate surface area is 110 Å². The van der Waals surface area contributed by atoms with Crippen molar-refractivity contribution in [3.8, 4) is 0 Å². The van der Waals surface area contributed by atoms with E-state index < -0.39 is 5.91 Å². The highest BCUT2D eigenvalue weighted by Gasteiger charge is 2.12. The Morgan fingerprint density at radius 3 is 2.53 bits per heavy atom. The van der Waals surface area contributed by atoms with E-state index >= 15 is 0 Å². The molecule has 0 aliphatic heterocycles. The fraction of sp³-hybridized carbons (Fsp3) is 0.167. The number of hydrogen-bond donors (Lipinski definition) is 2. The number of nitrogens with two attached hydrogens (primary N) is 1. The van der Waals surface area contributed by atoms with Crippen molar-refractivity contribution in [3.05, 3.63) is 36.4 Å². The molecule has 1 amide bonds. The van der Waals surface area contributed by atoms with Gasteiger partial charge in [-0.2, -0.15) is 0 Å². The Bertz CT molecular complexity index is 581. The van der Waals surface area contributed by atoms with Crippen molar-refractivity contribution in [2.24, 2.45) is 0 Å². The summed E-state index contributed by atoms with van der Waals surface area (Å²) >= 11 is 0. The van der Waals surface area contributed by atoms with Gasteiger partial charge in [0.2, 0.25) is 0 Å². The van der Waals surface area contributed by atoms with Gasteiger partial charge in [-0.05, 0) is 12.1 Å². The van der Waals surface area contributed by atoms with E-state index in [0.29, 0.717) is 5.69 Å². The number of rotatable bonds is 3. The van der Waals surface area contributed by atoms with E-state index in [-0.39, 0.29) is 11.5 Å². The monoisotopic (exact) mass is 258 g/mol. The molecular weight excluding hydrogens is 244 g/mol. The minimum atomic E-state index is -0.412. The highest BCUT2D eigenvalue weighted by atomic mass is 16.1. The Morgan fingerprint density at radius 2 is 1.95 bits per heavy atom. The third-order valence-electron chi connectivity index (χ3n) is 2.41. The van der Waals surface area contributed by atoms with Crippen LogP contribution in [0.5, 0.6) is 0 Å². The van der Waals surface area contributed by atoms with Crippen LogP contribution in [-0.2, 0) is 0 Å². The third kappa shape index (κ3) is 2.95. The lowest BCUT2D eigenvalue weighted by Crippen LogP contribution is -2.17. The predicted molar refractivity (Wildman–Crippen MR) is 73.0 cm³/mol. The van der Waals surface area contributed by atoms with Crippen LogP contribution in [0.3, 0.4) is 0 Å². The third-order valence-corrected chi connectivity index (χ3v) is 2.41. The SMILES string of the molecule is CN(C)c1ccc(NC(=O)c2nccnc2N)cn1. The smallest absolute Gasteiger partial charge is 0.278 e. The second kappa shape index (κ2) is 5.30. The molecule has 0 aromatic carbocycles. The van der Waals surface area contributed by atoms with Gasteiger partial charge in [-0.15, -0.1) is 0 Å². The summed E-state index contributed by atoms with van der Waals surface area (Å²) in [6.07, 6.45) is 4.41. The van der Waals surface area contributed by atoms with Gasteiger partial charge in [-0.1, -0.05) is 0 Å². The first-order valence-electron chi connectivity index (χ1n) is 5.59. The highest BCUT2D eigenvalue weighted by Crippen LogP contribution is 2.13. The molecule has 0 aliphatic rings. The summed E-state index contributed by atoms with van der Waals surface area (Å²) in [7, 11) is 3.78. The summed E-state index contributed by atoms with van der Waals surface area (Å²) in [5.74, 6) is 0.486. The number of nitrogens with zero attached hydrogens (tertiary/aromatic N) is 4. The molecule has 19 heavy (non-hydrogen) atoms. The van der Waals surface area contributed by atoms with Crippen molar-refractivity contribution in [3.63, 3.8) is 0 Å². The van der Waals surface area contributed by atoms with Crippen LogP contribution in [0.2, 0.25) is 0 Å². The van der Waals surface area contributed by atoms with Crippen LogP contribution in [0.15, 0.2) is 30.7 Å². The fourth-order valence-corrected chi connectivity index (χ4v) is 1.44. The molecule has 2 aromatic rings. The summed E-state index contributed by atoms with van der Waals surface area (Å²) < 4.78 is 0. The summed E-state index contributed by atoms with van der Waals surface area (Å²) in [5, 5.41) is 2.66. The van der Waals surface area contributed by atoms with E-state index in [1.807, 2.05) is 19.0 Å². The Hall–Kier alpha value is -2.70. The molecule has 98 valence electrons. The van der Waals surface area contributed by atoms with E-state index in [1.54, 1.807) is 18.3 Å². The number of pyridine rings is 1. The molecule has 0 fully saturated rings. The number of amides is 1. The van der Waals surface area contributed by atoms with E-state index in [0.717, 1.165) is 5.82 Å². The van der Waals surface area contributed by atoms with Crippen LogP contribution in [0.4, 0.5) is 17.3 Å². The fourth-order valence-electron chi connectivity index (χ4n) is 1.44. The van der Waals surface area contributed by atoms with Crippen LogP contribution >= 0.6 is 0 Å². The molecule has 0 aliphatic carbocycles. The van der Waals surface area contributed by atoms with Crippen LogP contribution in [0.1, 0.15) is 10.5 Å². The van der Waals surface area contributed by atoms with E-state index in [2.05, 4.69) is 20.3 Å². The lowest BCUT2D eigenvalue weighted by molar-refractivity contribution is 0.102. The van der Waals surface area contributed by atoms with Gasteiger partial charge in [0.25, 0.3) is 5.91 Å². The lowest BCUT2D eigenvalue weighted by Gasteiger charge is -2.11. The lowest BCUT2D eigenvalue weighted by atomic mass is 10.3. The zero-order chi connectivity index (χ0) is 13.8. The minimum absolute atomic E-state index is 0.0953. The summed E-state index contributed by atoms with van der Waals surface area (Å²) in [5.41, 5.74) is 6.25. The maximum atomic E-state index is 11.9. The molecule has 0 spiro atoms. The number of hydrogen-bond acceptors (Lipinski definition) is 6. The molecule has 2 aromatic heterocycles. The molecule has 0 atom stereocenters. The van der Waals surface area contributed by atoms with E-state index in [1.165, 1.54) is 12.4 Å². The molecular formula is C12H14N6O. The number of aromatic nitrogens is 3. The van der Waals surface area contributed by atoms with Gasteiger partial charge in [0, 0.05) is 26.5 Å². The van der Waals surface area contributed by atoms with Crippen molar-refractivity contribution in [1.82, 2.24) is 15.0 Å². The molecule has 2 rings (SSSR count). The number of nitrogens with one attached hydrogen (secondary N) is 1. The maximum Gasteiger partial charge on any atom is 0.278 e. The van der Waals surface area contributed by atoms with Gasteiger partial charge in [0.05, 0.1) is 11.9 Å². The first-order chi connectivity index (χ1) is 9.08. The van der Waals surface area contributed by atoms with Gasteiger partial charge < -0.3 is 16.0 Å². The molecule has 0 bridgehead atoms. The van der Waals surface area contributed by atoms with Crippen molar-refractivity contribution in [1.29, 1.82) is 0 Å².